The molecular weight excluding hydrogens is 1180 g/mol. The number of fused-ring (bicyclic) bond motifs is 2. The number of aromatic hydroxyl groups is 1. The van der Waals surface area contributed by atoms with Gasteiger partial charge in [0.05, 0.1) is 43.7 Å². The number of phenolic OH excluding ortho intramolecular Hbond substituents is 1. The maximum Gasteiger partial charge on any atom is 0.251 e. The van der Waals surface area contributed by atoms with E-state index in [2.05, 4.69) is 58.7 Å². The van der Waals surface area contributed by atoms with E-state index in [-0.39, 0.29) is 42.1 Å². The summed E-state index contributed by atoms with van der Waals surface area (Å²) in [6, 6.07) is 8.39. The Bertz CT molecular complexity index is 3160. The number of piperazine rings is 1. The van der Waals surface area contributed by atoms with Gasteiger partial charge >= 0.3 is 0 Å². The molecule has 5 heterocycles. The van der Waals surface area contributed by atoms with Crippen LogP contribution in [-0.2, 0) is 35.2 Å². The third kappa shape index (κ3) is 15.8. The van der Waals surface area contributed by atoms with Crippen molar-refractivity contribution in [3.05, 3.63) is 77.9 Å². The van der Waals surface area contributed by atoms with Crippen LogP contribution in [0.4, 0.5) is 5.69 Å². The van der Waals surface area contributed by atoms with E-state index in [1.807, 2.05) is 12.1 Å². The number of ether oxygens (including phenoxy) is 1. The van der Waals surface area contributed by atoms with Gasteiger partial charge in [-0.15, -0.1) is 10.2 Å². The van der Waals surface area contributed by atoms with E-state index in [1.54, 1.807) is 19.1 Å². The predicted octanol–water partition coefficient (Wildman–Crippen LogP) is -1.27. The summed E-state index contributed by atoms with van der Waals surface area (Å²) in [4.78, 5) is 108. The first-order chi connectivity index (χ1) is 43.1. The van der Waals surface area contributed by atoms with E-state index >= 15 is 0 Å². The van der Waals surface area contributed by atoms with E-state index in [0.29, 0.717) is 21.6 Å². The van der Waals surface area contributed by atoms with Crippen LogP contribution in [0.25, 0.3) is 21.1 Å². The fourth-order valence-electron chi connectivity index (χ4n) is 12.7. The summed E-state index contributed by atoms with van der Waals surface area (Å²) in [5.41, 5.74) is 8.80. The highest BCUT2D eigenvalue weighted by atomic mass is 32.1. The summed E-state index contributed by atoms with van der Waals surface area (Å²) in [7, 11) is 1.28. The average molecular weight is 1270 g/mol. The minimum Gasteiger partial charge on any atom is -0.504 e. The number of benzene rings is 3. The number of rotatable bonds is 14. The van der Waals surface area contributed by atoms with Gasteiger partial charge < -0.3 is 87.5 Å². The van der Waals surface area contributed by atoms with Crippen molar-refractivity contribution in [2.45, 2.75) is 157 Å². The van der Waals surface area contributed by atoms with Crippen molar-refractivity contribution in [1.82, 2.24) is 51.5 Å². The number of nitrogens with zero attached hydrogens (tertiary/aromatic N) is 6. The molecule has 28 heteroatoms. The van der Waals surface area contributed by atoms with E-state index in [9.17, 15) is 69.3 Å². The Labute approximate surface area is 525 Å². The molecule has 1 saturated carbocycles. The van der Waals surface area contributed by atoms with E-state index in [1.165, 1.54) is 87.3 Å². The molecule has 4 aliphatic heterocycles. The number of aromatic nitrogens is 2. The Morgan fingerprint density at radius 1 is 0.733 bits per heavy atom. The van der Waals surface area contributed by atoms with Gasteiger partial charge in [-0.2, -0.15) is 0 Å². The number of amides is 7. The quantitative estimate of drug-likeness (QED) is 0.0655. The molecule has 0 bridgehead atoms. The number of nitrogens with two attached hydrogens (primary N) is 1. The van der Waals surface area contributed by atoms with Crippen LogP contribution < -0.4 is 42.0 Å². The van der Waals surface area contributed by atoms with Gasteiger partial charge in [0.2, 0.25) is 35.4 Å². The first kappa shape index (κ1) is 67.0. The molecule has 5 aliphatic rings. The molecule has 5 fully saturated rings. The van der Waals surface area contributed by atoms with Crippen molar-refractivity contribution in [3.63, 3.8) is 0 Å². The topological polar surface area (TPSA) is 395 Å². The van der Waals surface area contributed by atoms with Gasteiger partial charge in [-0.25, -0.2) is 0 Å². The molecule has 3 aromatic carbocycles. The van der Waals surface area contributed by atoms with Crippen LogP contribution >= 0.6 is 11.3 Å². The molecule has 14 N–H and O–H groups in total. The third-order valence-electron chi connectivity index (χ3n) is 17.8. The van der Waals surface area contributed by atoms with Crippen LogP contribution in [0.5, 0.6) is 11.5 Å². The third-order valence-corrected chi connectivity index (χ3v) is 18.9. The Morgan fingerprint density at radius 3 is 1.99 bits per heavy atom. The summed E-state index contributed by atoms with van der Waals surface area (Å²) < 4.78 is 5.20. The molecule has 90 heavy (non-hydrogen) atoms. The summed E-state index contributed by atoms with van der Waals surface area (Å²) in [6.07, 6.45) is -3.84. The fourth-order valence-corrected chi connectivity index (χ4v) is 13.6. The molecule has 488 valence electrons. The summed E-state index contributed by atoms with van der Waals surface area (Å²) in [6.45, 7) is 5.07. The number of carbonyl (C=O) groups is 7. The number of carbonyl (C=O) groups excluding carboxylic acids is 7. The van der Waals surface area contributed by atoms with Gasteiger partial charge in [0.15, 0.2) is 11.5 Å². The number of hydrogen-bond donors (Lipinski definition) is 13. The van der Waals surface area contributed by atoms with Crippen molar-refractivity contribution < 1.29 is 74.0 Å². The van der Waals surface area contributed by atoms with Crippen molar-refractivity contribution in [3.8, 4) is 32.6 Å². The first-order valence-electron chi connectivity index (χ1n) is 30.9. The molecule has 0 radical (unpaired) electrons. The predicted molar refractivity (Wildman–Crippen MR) is 329 cm³/mol. The lowest BCUT2D eigenvalue weighted by Gasteiger charge is -2.40. The van der Waals surface area contributed by atoms with Crippen LogP contribution in [0.1, 0.15) is 87.6 Å². The number of nitrogens with one attached hydrogen (secondary N) is 5. The zero-order valence-corrected chi connectivity index (χ0v) is 51.5. The van der Waals surface area contributed by atoms with Gasteiger partial charge in [-0.1, -0.05) is 62.1 Å². The van der Waals surface area contributed by atoms with Crippen molar-refractivity contribution in [2.24, 2.45) is 11.7 Å². The normalized spacial score (nSPS) is 27.6. The highest BCUT2D eigenvalue weighted by Crippen LogP contribution is 2.33. The number of aliphatic hydroxyl groups is 6. The minimum absolute atomic E-state index is 0.000964. The van der Waals surface area contributed by atoms with Crippen molar-refractivity contribution >= 4 is 58.4 Å². The number of methoxy groups -OCH3 is 1. The lowest BCUT2D eigenvalue weighted by atomic mass is 9.98. The maximum atomic E-state index is 14.7. The van der Waals surface area contributed by atoms with E-state index in [4.69, 9.17) is 10.5 Å². The monoisotopic (exact) mass is 1270 g/mol. The molecule has 13 atom stereocenters. The molecule has 4 saturated heterocycles. The standard InChI is InChI=1S/C62H84N12O15S/c1-33-31-74-52(53(33)81)58(86)64-30-41(76)28-43(65-54(82)36-11-13-37(14-12-36)59-69-70-60(90-59)38-15-17-40(18-16-38)72-24-22-71(23-25-72)39-8-6-4-5-7-9-39)55(83)66-49(34(2)75)61(87)73-32-42(77)29-44(73)56(84)67-50(57(85)68-51(62(74)88)46(79)20-21-63)47(80)26-35-10-19-45(78)48(27-35)89-3/h10-19,27,33-34,39,41-44,46-47,49-53,75-81H,4-9,20-26,28-32,63H2,1-3H3,(H,64,86)(H,65,82)(H,66,83)(H,67,84)(H,68,85)/t33-,34+,41+,42+,43?,44-,46+,47+,49-,50-,51-,52-,53-/m0/s1. The molecule has 9 rings (SSSR count). The lowest BCUT2D eigenvalue weighted by Crippen LogP contribution is -2.64. The van der Waals surface area contributed by atoms with Gasteiger partial charge in [0.1, 0.15) is 46.3 Å². The van der Waals surface area contributed by atoms with Crippen LogP contribution in [0.3, 0.4) is 0 Å². The van der Waals surface area contributed by atoms with Crippen LogP contribution in [-0.4, -0.2) is 240 Å². The van der Waals surface area contributed by atoms with Gasteiger partial charge in [0.25, 0.3) is 5.91 Å². The second-order valence-corrected chi connectivity index (χ2v) is 25.3. The average Bonchev–Trinajstić information content (AvgIpc) is 2.01. The molecule has 1 aromatic heterocycles. The van der Waals surface area contributed by atoms with Crippen LogP contribution in [0.2, 0.25) is 0 Å². The SMILES string of the molecule is COc1cc(C[C@@H](O)[C@@H]2NC(=O)[C@@H]3C[C@@H](O)CN3C(=O)[C@H]([C@@H](C)O)NC(=O)C(NC(=O)c3ccc(-c4nnc(-c5ccc(N6CCN(C7CCCCCC7)CC6)cc5)s4)cc3)C[C@@H](O)CNC(=O)[C@@H]3[C@@H](O)[C@@H](C)CN3C(=O)[C@H]([C@H](O)CCN)NC2=O)ccc1O. The van der Waals surface area contributed by atoms with E-state index in [0.717, 1.165) is 54.2 Å². The highest BCUT2D eigenvalue weighted by Gasteiger charge is 2.50. The van der Waals surface area contributed by atoms with Crippen LogP contribution in [0.15, 0.2) is 66.7 Å². The lowest BCUT2D eigenvalue weighted by molar-refractivity contribution is -0.147. The summed E-state index contributed by atoms with van der Waals surface area (Å²) in [5, 5.41) is 101. The zero-order valence-electron chi connectivity index (χ0n) is 50.7. The van der Waals surface area contributed by atoms with Gasteiger partial charge in [0, 0.05) is 99.4 Å². The highest BCUT2D eigenvalue weighted by molar-refractivity contribution is 7.17. The first-order valence-corrected chi connectivity index (χ1v) is 31.7. The maximum absolute atomic E-state index is 14.7. The summed E-state index contributed by atoms with van der Waals surface area (Å²) in [5.74, 6) is -8.49. The molecular formula is C62H84N12O15S. The molecule has 4 aromatic rings. The molecule has 27 nitrogen and oxygen atoms in total. The van der Waals surface area contributed by atoms with Crippen LogP contribution in [0, 0.1) is 5.92 Å². The Morgan fingerprint density at radius 2 is 1.36 bits per heavy atom. The van der Waals surface area contributed by atoms with Crippen molar-refractivity contribution in [1.29, 1.82) is 0 Å². The van der Waals surface area contributed by atoms with Gasteiger partial charge in [-0.05, 0) is 86.8 Å². The smallest absolute Gasteiger partial charge is 0.251 e. The second-order valence-electron chi connectivity index (χ2n) is 24.3. The van der Waals surface area contributed by atoms with Crippen molar-refractivity contribution in [2.75, 3.05) is 64.4 Å². The minimum atomic E-state index is -2.02. The Hall–Kier alpha value is -7.41. The molecule has 7 amide bonds. The largest absolute Gasteiger partial charge is 0.504 e. The van der Waals surface area contributed by atoms with Gasteiger partial charge in [-0.3, -0.25) is 38.5 Å². The Balaban J connectivity index is 0.948. The summed E-state index contributed by atoms with van der Waals surface area (Å²) >= 11 is 1.36. The molecule has 1 unspecified atom stereocenters. The second kappa shape index (κ2) is 30.1. The number of anilines is 1. The number of β-amino-alcohol motifs (C(OH)–C–C–N with tert-alkyl or cyclic N) is 1. The molecule has 1 aliphatic carbocycles. The number of aliphatic hydroxyl groups excluding tert-OH is 6. The van der Waals surface area contributed by atoms with E-state index < -0.39 is 152 Å². The Kier molecular flexibility index (Phi) is 22.4. The number of phenols is 1. The molecule has 0 spiro atoms. The number of hydrogen-bond acceptors (Lipinski definition) is 21. The fraction of sp³-hybridized carbons (Fsp3) is 0.565. The zero-order chi connectivity index (χ0) is 64.5.